The predicted molar refractivity (Wildman–Crippen MR) is 60.5 cm³/mol. The molecule has 0 amide bonds. The van der Waals surface area contributed by atoms with Crippen molar-refractivity contribution >= 4 is 0 Å². The maximum atomic E-state index is 5.67. The van der Waals surface area contributed by atoms with Crippen LogP contribution in [-0.4, -0.2) is 24.5 Å². The van der Waals surface area contributed by atoms with E-state index in [9.17, 15) is 0 Å². The van der Waals surface area contributed by atoms with Crippen molar-refractivity contribution in [1.82, 2.24) is 4.90 Å². The maximum absolute atomic E-state index is 5.67. The minimum absolute atomic E-state index is 0.735. The maximum Gasteiger partial charge on any atom is 0.120 e. The Bertz CT molecular complexity index is 300. The molecule has 0 bridgehead atoms. The number of nitrogens with zero attached hydrogens (tertiary/aromatic N) is 1. The summed E-state index contributed by atoms with van der Waals surface area (Å²) in [6.07, 6.45) is 4.24. The summed E-state index contributed by atoms with van der Waals surface area (Å²) in [5, 5.41) is 0. The highest BCUT2D eigenvalue weighted by Crippen LogP contribution is 2.19. The summed E-state index contributed by atoms with van der Waals surface area (Å²) in [5.41, 5.74) is 6.93. The highest BCUT2D eigenvalue weighted by atomic mass is 16.3. The number of furan rings is 1. The number of hydrogen-bond donors (Lipinski definition) is 1. The van der Waals surface area contributed by atoms with Gasteiger partial charge in [-0.2, -0.15) is 0 Å². The van der Waals surface area contributed by atoms with Crippen molar-refractivity contribution in [2.24, 2.45) is 11.7 Å². The number of aryl methyl sites for hydroxylation is 1. The van der Waals surface area contributed by atoms with E-state index in [0.717, 1.165) is 37.9 Å². The Morgan fingerprint density at radius 1 is 1.47 bits per heavy atom. The first-order chi connectivity index (χ1) is 7.29. The molecule has 2 rings (SSSR count). The molecule has 1 saturated heterocycles. The minimum Gasteiger partial charge on any atom is -0.468 e. The van der Waals surface area contributed by atoms with Gasteiger partial charge in [-0.3, -0.25) is 4.90 Å². The van der Waals surface area contributed by atoms with Crippen LogP contribution in [0.4, 0.5) is 0 Å². The number of rotatable bonds is 3. The molecule has 0 saturated carbocycles. The molecule has 1 aliphatic heterocycles. The highest BCUT2D eigenvalue weighted by molar-refractivity contribution is 5.14. The van der Waals surface area contributed by atoms with Crippen molar-refractivity contribution in [3.63, 3.8) is 0 Å². The third-order valence-electron chi connectivity index (χ3n) is 3.38. The molecule has 2 N–H and O–H groups in total. The summed E-state index contributed by atoms with van der Waals surface area (Å²) in [5.74, 6) is 1.85. The fraction of sp³-hybridized carbons (Fsp3) is 0.667. The van der Waals surface area contributed by atoms with Crippen molar-refractivity contribution in [3.8, 4) is 0 Å². The van der Waals surface area contributed by atoms with E-state index in [-0.39, 0.29) is 0 Å². The molecule has 0 radical (unpaired) electrons. The van der Waals surface area contributed by atoms with Crippen LogP contribution in [0, 0.1) is 12.8 Å². The van der Waals surface area contributed by atoms with Crippen LogP contribution in [0.2, 0.25) is 0 Å². The lowest BCUT2D eigenvalue weighted by Crippen LogP contribution is -2.35. The van der Waals surface area contributed by atoms with Crippen LogP contribution in [0.1, 0.15) is 24.2 Å². The number of hydrogen-bond acceptors (Lipinski definition) is 3. The fourth-order valence-electron chi connectivity index (χ4n) is 2.15. The summed E-state index contributed by atoms with van der Waals surface area (Å²) in [4.78, 5) is 2.46. The second-order valence-electron chi connectivity index (χ2n) is 4.48. The van der Waals surface area contributed by atoms with Gasteiger partial charge in [-0.15, -0.1) is 0 Å². The van der Waals surface area contributed by atoms with Gasteiger partial charge in [-0.05, 0) is 56.9 Å². The number of nitrogens with two attached hydrogens (primary N) is 1. The number of piperidine rings is 1. The molecule has 1 fully saturated rings. The lowest BCUT2D eigenvalue weighted by atomic mass is 9.97. The van der Waals surface area contributed by atoms with Crippen LogP contribution in [-0.2, 0) is 6.54 Å². The van der Waals surface area contributed by atoms with Gasteiger partial charge in [-0.1, -0.05) is 0 Å². The molecule has 0 aliphatic carbocycles. The summed E-state index contributed by atoms with van der Waals surface area (Å²) >= 11 is 0. The van der Waals surface area contributed by atoms with Crippen LogP contribution >= 0.6 is 0 Å². The highest BCUT2D eigenvalue weighted by Gasteiger charge is 2.19. The normalized spacial score (nSPS) is 19.6. The summed E-state index contributed by atoms with van der Waals surface area (Å²) in [7, 11) is 0. The zero-order chi connectivity index (χ0) is 10.7. The van der Waals surface area contributed by atoms with E-state index in [0.29, 0.717) is 0 Å². The summed E-state index contributed by atoms with van der Waals surface area (Å²) in [6, 6.07) is 2.03. The lowest BCUT2D eigenvalue weighted by molar-refractivity contribution is 0.169. The molecule has 3 heteroatoms. The molecular formula is C12H20N2O. The predicted octanol–water partition coefficient (Wildman–Crippen LogP) is 1.76. The topological polar surface area (TPSA) is 42.4 Å². The van der Waals surface area contributed by atoms with Crippen LogP contribution in [0.5, 0.6) is 0 Å². The standard InChI is InChI=1S/C12H20N2O/c1-10-4-7-15-12(10)9-14-5-2-11(8-13)3-6-14/h4,7,11H,2-3,5-6,8-9,13H2,1H3. The van der Waals surface area contributed by atoms with Gasteiger partial charge < -0.3 is 10.2 Å². The fourth-order valence-corrected chi connectivity index (χ4v) is 2.15. The van der Waals surface area contributed by atoms with E-state index in [1.165, 1.54) is 18.4 Å². The Morgan fingerprint density at radius 3 is 2.73 bits per heavy atom. The quantitative estimate of drug-likeness (QED) is 0.823. The van der Waals surface area contributed by atoms with E-state index in [1.54, 1.807) is 6.26 Å². The smallest absolute Gasteiger partial charge is 0.120 e. The first-order valence-electron chi connectivity index (χ1n) is 5.75. The SMILES string of the molecule is Cc1ccoc1CN1CCC(CN)CC1. The Labute approximate surface area is 91.2 Å². The van der Waals surface area contributed by atoms with Crippen molar-refractivity contribution in [1.29, 1.82) is 0 Å². The average molecular weight is 208 g/mol. The van der Waals surface area contributed by atoms with Gasteiger partial charge in [0.15, 0.2) is 0 Å². The van der Waals surface area contributed by atoms with E-state index in [1.807, 2.05) is 6.07 Å². The van der Waals surface area contributed by atoms with E-state index < -0.39 is 0 Å². The zero-order valence-electron chi connectivity index (χ0n) is 9.41. The van der Waals surface area contributed by atoms with Crippen molar-refractivity contribution in [3.05, 3.63) is 23.7 Å². The van der Waals surface area contributed by atoms with Gasteiger partial charge in [0.2, 0.25) is 0 Å². The van der Waals surface area contributed by atoms with Gasteiger partial charge in [-0.25, -0.2) is 0 Å². The van der Waals surface area contributed by atoms with Gasteiger partial charge in [0, 0.05) is 0 Å². The lowest BCUT2D eigenvalue weighted by Gasteiger charge is -2.30. The number of likely N-dealkylation sites (tertiary alicyclic amines) is 1. The van der Waals surface area contributed by atoms with E-state index in [4.69, 9.17) is 10.2 Å². The molecule has 0 atom stereocenters. The van der Waals surface area contributed by atoms with Gasteiger partial charge in [0.25, 0.3) is 0 Å². The molecule has 1 aromatic rings. The molecule has 1 aliphatic rings. The molecule has 0 unspecified atom stereocenters. The van der Waals surface area contributed by atoms with E-state index in [2.05, 4.69) is 11.8 Å². The van der Waals surface area contributed by atoms with Crippen molar-refractivity contribution < 1.29 is 4.42 Å². The molecule has 1 aromatic heterocycles. The van der Waals surface area contributed by atoms with E-state index >= 15 is 0 Å². The van der Waals surface area contributed by atoms with Crippen LogP contribution in [0.15, 0.2) is 16.7 Å². The first kappa shape index (κ1) is 10.7. The third kappa shape index (κ3) is 2.61. The third-order valence-corrected chi connectivity index (χ3v) is 3.38. The molecule has 15 heavy (non-hydrogen) atoms. The van der Waals surface area contributed by atoms with Crippen LogP contribution < -0.4 is 5.73 Å². The van der Waals surface area contributed by atoms with Gasteiger partial charge >= 0.3 is 0 Å². The summed E-state index contributed by atoms with van der Waals surface area (Å²) in [6.45, 7) is 6.21. The Morgan fingerprint density at radius 2 is 2.20 bits per heavy atom. The molecular weight excluding hydrogens is 188 g/mol. The first-order valence-corrected chi connectivity index (χ1v) is 5.75. The second-order valence-corrected chi connectivity index (χ2v) is 4.48. The Balaban J connectivity index is 1.85. The van der Waals surface area contributed by atoms with Crippen molar-refractivity contribution in [2.45, 2.75) is 26.3 Å². The van der Waals surface area contributed by atoms with Crippen LogP contribution in [0.25, 0.3) is 0 Å². The zero-order valence-corrected chi connectivity index (χ0v) is 9.41. The van der Waals surface area contributed by atoms with Gasteiger partial charge in [0.05, 0.1) is 12.8 Å². The second kappa shape index (κ2) is 4.81. The molecule has 84 valence electrons. The average Bonchev–Trinajstić information content (AvgIpc) is 2.66. The molecule has 2 heterocycles. The Hall–Kier alpha value is -0.800. The Kier molecular flexibility index (Phi) is 3.44. The van der Waals surface area contributed by atoms with Gasteiger partial charge in [0.1, 0.15) is 5.76 Å². The van der Waals surface area contributed by atoms with Crippen LogP contribution in [0.3, 0.4) is 0 Å². The largest absolute Gasteiger partial charge is 0.468 e. The molecule has 3 nitrogen and oxygen atoms in total. The summed E-state index contributed by atoms with van der Waals surface area (Å²) < 4.78 is 5.45. The van der Waals surface area contributed by atoms with Crippen molar-refractivity contribution in [2.75, 3.05) is 19.6 Å². The molecule has 0 aromatic carbocycles. The minimum atomic E-state index is 0.735. The monoisotopic (exact) mass is 208 g/mol. The molecule has 0 spiro atoms.